The lowest BCUT2D eigenvalue weighted by Gasteiger charge is -2.31. The third-order valence-corrected chi connectivity index (χ3v) is 5.76. The van der Waals surface area contributed by atoms with Gasteiger partial charge in [0.2, 0.25) is 15.9 Å². The highest BCUT2D eigenvalue weighted by Crippen LogP contribution is 2.38. The maximum absolute atomic E-state index is 12.5. The fourth-order valence-electron chi connectivity index (χ4n) is 2.96. The number of carbonyl (C=O) groups excluding carboxylic acids is 1. The molecule has 0 radical (unpaired) electrons. The van der Waals surface area contributed by atoms with Crippen molar-refractivity contribution in [1.29, 1.82) is 0 Å². The fourth-order valence-corrected chi connectivity index (χ4v) is 3.57. The van der Waals surface area contributed by atoms with Crippen LogP contribution >= 0.6 is 0 Å². The Morgan fingerprint density at radius 2 is 1.79 bits per heavy atom. The van der Waals surface area contributed by atoms with Crippen molar-refractivity contribution in [2.45, 2.75) is 32.6 Å². The number of hydrogen-bond acceptors (Lipinski definition) is 4. The van der Waals surface area contributed by atoms with E-state index in [9.17, 15) is 13.2 Å². The number of sulfonamides is 1. The van der Waals surface area contributed by atoms with Gasteiger partial charge in [-0.15, -0.1) is 0 Å². The summed E-state index contributed by atoms with van der Waals surface area (Å²) in [6.07, 6.45) is 3.88. The predicted octanol–water partition coefficient (Wildman–Crippen LogP) is -0.261. The molecule has 140 valence electrons. The third kappa shape index (κ3) is 5.94. The molecular formula is C15H31N5O3S. The molecule has 1 aliphatic rings. The molecule has 24 heavy (non-hydrogen) atoms. The molecule has 0 aromatic rings. The molecular weight excluding hydrogens is 330 g/mol. The van der Waals surface area contributed by atoms with E-state index in [1.54, 1.807) is 33.0 Å². The van der Waals surface area contributed by atoms with Gasteiger partial charge in [0.05, 0.1) is 11.2 Å². The Labute approximate surface area is 145 Å². The van der Waals surface area contributed by atoms with E-state index in [1.165, 1.54) is 0 Å². The van der Waals surface area contributed by atoms with Gasteiger partial charge >= 0.3 is 0 Å². The predicted molar refractivity (Wildman–Crippen MR) is 96.4 cm³/mol. The summed E-state index contributed by atoms with van der Waals surface area (Å²) in [6, 6.07) is 0. The van der Waals surface area contributed by atoms with Crippen molar-refractivity contribution >= 4 is 21.9 Å². The Kier molecular flexibility index (Phi) is 7.95. The van der Waals surface area contributed by atoms with Crippen LogP contribution in [0.3, 0.4) is 0 Å². The normalized spacial score (nSPS) is 17.6. The number of aliphatic imine (C=N–C) groups is 1. The van der Waals surface area contributed by atoms with E-state index in [0.717, 1.165) is 25.7 Å². The van der Waals surface area contributed by atoms with E-state index in [4.69, 9.17) is 0 Å². The lowest BCUT2D eigenvalue weighted by Crippen LogP contribution is -2.50. The number of guanidine groups is 1. The fraction of sp³-hybridized carbons (Fsp3) is 0.867. The van der Waals surface area contributed by atoms with Crippen molar-refractivity contribution < 1.29 is 13.2 Å². The molecule has 3 N–H and O–H groups in total. The lowest BCUT2D eigenvalue weighted by atomic mass is 9.84. The Bertz CT molecular complexity index is 539. The largest absolute Gasteiger partial charge is 0.355 e. The van der Waals surface area contributed by atoms with Crippen LogP contribution < -0.4 is 15.4 Å². The lowest BCUT2D eigenvalue weighted by molar-refractivity contribution is -0.138. The SMILES string of the molecule is CCS(=O)(=O)NCCNC(=NC)NCC1(C(=O)N(C)C)CCCC1. The zero-order valence-corrected chi connectivity index (χ0v) is 16.0. The van der Waals surface area contributed by atoms with Crippen LogP contribution in [0.1, 0.15) is 32.6 Å². The number of nitrogens with one attached hydrogen (secondary N) is 3. The summed E-state index contributed by atoms with van der Waals surface area (Å²) in [5.41, 5.74) is -0.370. The van der Waals surface area contributed by atoms with E-state index >= 15 is 0 Å². The van der Waals surface area contributed by atoms with Gasteiger partial charge in [0.25, 0.3) is 0 Å². The molecule has 0 aliphatic heterocycles. The number of carbonyl (C=O) groups is 1. The molecule has 0 spiro atoms. The van der Waals surface area contributed by atoms with Crippen LogP contribution in [-0.2, 0) is 14.8 Å². The first-order chi connectivity index (χ1) is 11.3. The average molecular weight is 362 g/mol. The van der Waals surface area contributed by atoms with Gasteiger partial charge in [-0.2, -0.15) is 0 Å². The highest BCUT2D eigenvalue weighted by molar-refractivity contribution is 7.89. The molecule has 0 unspecified atom stereocenters. The van der Waals surface area contributed by atoms with Gasteiger partial charge < -0.3 is 15.5 Å². The van der Waals surface area contributed by atoms with E-state index in [2.05, 4.69) is 20.3 Å². The molecule has 8 nitrogen and oxygen atoms in total. The van der Waals surface area contributed by atoms with Crippen LogP contribution in [0, 0.1) is 5.41 Å². The molecule has 1 aliphatic carbocycles. The first-order valence-corrected chi connectivity index (χ1v) is 10.0. The van der Waals surface area contributed by atoms with Gasteiger partial charge in [0, 0.05) is 40.8 Å². The van der Waals surface area contributed by atoms with Crippen molar-refractivity contribution in [2.24, 2.45) is 10.4 Å². The summed E-state index contributed by atoms with van der Waals surface area (Å²) in [6.45, 7) is 2.84. The molecule has 0 atom stereocenters. The minimum absolute atomic E-state index is 0.0646. The molecule has 1 fully saturated rings. The second-order valence-corrected chi connectivity index (χ2v) is 8.43. The monoisotopic (exact) mass is 361 g/mol. The summed E-state index contributed by atoms with van der Waals surface area (Å²) in [5, 5.41) is 6.28. The summed E-state index contributed by atoms with van der Waals surface area (Å²) in [4.78, 5) is 18.3. The van der Waals surface area contributed by atoms with Gasteiger partial charge in [-0.25, -0.2) is 13.1 Å². The highest BCUT2D eigenvalue weighted by Gasteiger charge is 2.42. The smallest absolute Gasteiger partial charge is 0.230 e. The molecule has 0 bridgehead atoms. The maximum Gasteiger partial charge on any atom is 0.230 e. The van der Waals surface area contributed by atoms with Crippen LogP contribution in [0.5, 0.6) is 0 Å². The molecule has 0 aromatic heterocycles. The topological polar surface area (TPSA) is 103 Å². The summed E-state index contributed by atoms with van der Waals surface area (Å²) >= 11 is 0. The molecule has 9 heteroatoms. The second-order valence-electron chi connectivity index (χ2n) is 6.34. The van der Waals surface area contributed by atoms with E-state index in [-0.39, 0.29) is 17.1 Å². The van der Waals surface area contributed by atoms with Gasteiger partial charge in [-0.1, -0.05) is 12.8 Å². The number of amides is 1. The second kappa shape index (κ2) is 9.22. The maximum atomic E-state index is 12.5. The van der Waals surface area contributed by atoms with Crippen LogP contribution in [0.15, 0.2) is 4.99 Å². The van der Waals surface area contributed by atoms with Crippen molar-refractivity contribution in [3.63, 3.8) is 0 Å². The van der Waals surface area contributed by atoms with Crippen LogP contribution in [0.2, 0.25) is 0 Å². The van der Waals surface area contributed by atoms with Gasteiger partial charge in [0.1, 0.15) is 0 Å². The minimum atomic E-state index is -3.18. The van der Waals surface area contributed by atoms with Crippen molar-refractivity contribution in [1.82, 2.24) is 20.3 Å². The molecule has 0 heterocycles. The van der Waals surface area contributed by atoms with Gasteiger partial charge in [-0.05, 0) is 19.8 Å². The Hall–Kier alpha value is -1.35. The quantitative estimate of drug-likeness (QED) is 0.314. The average Bonchev–Trinajstić information content (AvgIpc) is 3.03. The summed E-state index contributed by atoms with van der Waals surface area (Å²) in [5.74, 6) is 0.789. The first kappa shape index (κ1) is 20.7. The Balaban J connectivity index is 2.49. The van der Waals surface area contributed by atoms with Crippen LogP contribution in [-0.4, -0.2) is 71.7 Å². The molecule has 1 saturated carbocycles. The van der Waals surface area contributed by atoms with Gasteiger partial charge in [-0.3, -0.25) is 9.79 Å². The van der Waals surface area contributed by atoms with E-state index < -0.39 is 10.0 Å². The zero-order valence-electron chi connectivity index (χ0n) is 15.2. The molecule has 1 amide bonds. The standard InChI is InChI=1S/C15H31N5O3S/c1-5-24(22,23)19-11-10-17-14(16-2)18-12-15(8-6-7-9-15)13(21)20(3)4/h19H,5-12H2,1-4H3,(H2,16,17,18). The van der Waals surface area contributed by atoms with Crippen molar-refractivity contribution in [3.05, 3.63) is 0 Å². The molecule has 1 rings (SSSR count). The molecule has 0 saturated heterocycles. The van der Waals surface area contributed by atoms with Crippen molar-refractivity contribution in [2.75, 3.05) is 46.5 Å². The highest BCUT2D eigenvalue weighted by atomic mass is 32.2. The minimum Gasteiger partial charge on any atom is -0.355 e. The number of rotatable bonds is 8. The van der Waals surface area contributed by atoms with Crippen molar-refractivity contribution in [3.8, 4) is 0 Å². The van der Waals surface area contributed by atoms with E-state index in [1.807, 2.05) is 0 Å². The summed E-state index contributed by atoms with van der Waals surface area (Å²) in [7, 11) is 2.05. The summed E-state index contributed by atoms with van der Waals surface area (Å²) < 4.78 is 25.2. The Morgan fingerprint density at radius 3 is 2.29 bits per heavy atom. The zero-order chi connectivity index (χ0) is 18.2. The molecule has 0 aromatic carbocycles. The first-order valence-electron chi connectivity index (χ1n) is 8.40. The number of hydrogen-bond donors (Lipinski definition) is 3. The van der Waals surface area contributed by atoms with Crippen LogP contribution in [0.4, 0.5) is 0 Å². The van der Waals surface area contributed by atoms with Gasteiger partial charge in [0.15, 0.2) is 5.96 Å². The number of nitrogens with zero attached hydrogens (tertiary/aromatic N) is 2. The Morgan fingerprint density at radius 1 is 1.17 bits per heavy atom. The van der Waals surface area contributed by atoms with Crippen LogP contribution in [0.25, 0.3) is 0 Å². The third-order valence-electron chi connectivity index (χ3n) is 4.36. The van der Waals surface area contributed by atoms with E-state index in [0.29, 0.717) is 25.6 Å².